The Kier molecular flexibility index (Phi) is 3.86. The summed E-state index contributed by atoms with van der Waals surface area (Å²) in [5.41, 5.74) is 0. The lowest BCUT2D eigenvalue weighted by atomic mass is 9.67. The highest BCUT2D eigenvalue weighted by Crippen LogP contribution is 2.54. The average molecular weight is 274 g/mol. The molecule has 4 saturated carbocycles. The van der Waals surface area contributed by atoms with E-state index in [0.29, 0.717) is 0 Å². The largest absolute Gasteiger partial charge is 0.0622 e. The third-order valence-electron chi connectivity index (χ3n) is 8.04. The van der Waals surface area contributed by atoms with Crippen molar-refractivity contribution in [2.24, 2.45) is 41.4 Å². The molecule has 4 rings (SSSR count). The first kappa shape index (κ1) is 13.6. The summed E-state index contributed by atoms with van der Waals surface area (Å²) >= 11 is 0. The molecule has 0 radical (unpaired) electrons. The lowest BCUT2D eigenvalue weighted by molar-refractivity contribution is 0.114. The van der Waals surface area contributed by atoms with Gasteiger partial charge in [-0.05, 0) is 80.0 Å². The van der Waals surface area contributed by atoms with Gasteiger partial charge >= 0.3 is 0 Å². The fourth-order valence-corrected chi connectivity index (χ4v) is 7.05. The summed E-state index contributed by atoms with van der Waals surface area (Å²) in [6.07, 6.45) is 18.9. The van der Waals surface area contributed by atoms with Crippen molar-refractivity contribution in [2.75, 3.05) is 0 Å². The fourth-order valence-electron chi connectivity index (χ4n) is 7.05. The molecule has 0 saturated heterocycles. The maximum Gasteiger partial charge on any atom is -0.0355 e. The van der Waals surface area contributed by atoms with Crippen LogP contribution in [-0.2, 0) is 0 Å². The second-order valence-corrected chi connectivity index (χ2v) is 8.85. The Morgan fingerprint density at radius 2 is 1.40 bits per heavy atom. The molecular weight excluding hydrogens is 240 g/mol. The van der Waals surface area contributed by atoms with Crippen LogP contribution in [0.25, 0.3) is 0 Å². The summed E-state index contributed by atoms with van der Waals surface area (Å²) in [5.74, 6) is 7.88. The Balaban J connectivity index is 1.41. The maximum absolute atomic E-state index is 2.54. The van der Waals surface area contributed by atoms with Gasteiger partial charge in [-0.2, -0.15) is 0 Å². The van der Waals surface area contributed by atoms with Crippen molar-refractivity contribution in [3.8, 4) is 0 Å². The van der Waals surface area contributed by atoms with Gasteiger partial charge < -0.3 is 0 Å². The van der Waals surface area contributed by atoms with Gasteiger partial charge in [0.05, 0.1) is 0 Å². The molecule has 0 aromatic rings. The van der Waals surface area contributed by atoms with Crippen LogP contribution in [0.1, 0.15) is 84.0 Å². The SMILES string of the molecule is CC1CCC2C(CC3CCC4CCCCC43)CCCC12. The topological polar surface area (TPSA) is 0 Å². The third kappa shape index (κ3) is 2.35. The minimum Gasteiger partial charge on any atom is -0.0622 e. The molecule has 0 amide bonds. The first-order chi connectivity index (χ1) is 9.83. The molecule has 0 bridgehead atoms. The minimum atomic E-state index is 1.05. The molecule has 20 heavy (non-hydrogen) atoms. The first-order valence-corrected chi connectivity index (χ1v) is 9.83. The van der Waals surface area contributed by atoms with E-state index in [1.165, 1.54) is 0 Å². The second-order valence-electron chi connectivity index (χ2n) is 8.85. The van der Waals surface area contributed by atoms with Gasteiger partial charge in [-0.3, -0.25) is 0 Å². The van der Waals surface area contributed by atoms with Crippen LogP contribution < -0.4 is 0 Å². The molecule has 0 spiro atoms. The van der Waals surface area contributed by atoms with E-state index in [9.17, 15) is 0 Å². The van der Waals surface area contributed by atoms with Crippen molar-refractivity contribution >= 4 is 0 Å². The summed E-state index contributed by atoms with van der Waals surface area (Å²) in [5, 5.41) is 0. The summed E-state index contributed by atoms with van der Waals surface area (Å²) in [6, 6.07) is 0. The minimum absolute atomic E-state index is 1.05. The van der Waals surface area contributed by atoms with Gasteiger partial charge in [-0.15, -0.1) is 0 Å². The van der Waals surface area contributed by atoms with E-state index in [1.807, 2.05) is 0 Å². The molecule has 7 unspecified atom stereocenters. The molecule has 7 atom stereocenters. The molecular formula is C20H34. The molecule has 0 N–H and O–H groups in total. The third-order valence-corrected chi connectivity index (χ3v) is 8.04. The molecule has 114 valence electrons. The number of rotatable bonds is 2. The first-order valence-electron chi connectivity index (χ1n) is 9.83. The predicted molar refractivity (Wildman–Crippen MR) is 85.5 cm³/mol. The van der Waals surface area contributed by atoms with Gasteiger partial charge in [-0.1, -0.05) is 45.4 Å². The van der Waals surface area contributed by atoms with E-state index in [4.69, 9.17) is 0 Å². The van der Waals surface area contributed by atoms with Crippen molar-refractivity contribution in [2.45, 2.75) is 84.0 Å². The van der Waals surface area contributed by atoms with Crippen LogP contribution in [0.15, 0.2) is 0 Å². The predicted octanol–water partition coefficient (Wildman–Crippen LogP) is 6.06. The van der Waals surface area contributed by atoms with Crippen LogP contribution >= 0.6 is 0 Å². The highest BCUT2D eigenvalue weighted by Gasteiger charge is 2.44. The van der Waals surface area contributed by atoms with Crippen molar-refractivity contribution in [1.82, 2.24) is 0 Å². The van der Waals surface area contributed by atoms with E-state index in [0.717, 1.165) is 41.4 Å². The Morgan fingerprint density at radius 3 is 2.35 bits per heavy atom. The van der Waals surface area contributed by atoms with E-state index >= 15 is 0 Å². The Hall–Kier alpha value is 0. The summed E-state index contributed by atoms with van der Waals surface area (Å²) in [6.45, 7) is 2.54. The molecule has 0 aromatic heterocycles. The van der Waals surface area contributed by atoms with E-state index in [2.05, 4.69) is 6.92 Å². The summed E-state index contributed by atoms with van der Waals surface area (Å²) < 4.78 is 0. The van der Waals surface area contributed by atoms with Crippen LogP contribution in [0, 0.1) is 41.4 Å². The quantitative estimate of drug-likeness (QED) is 0.574. The lowest BCUT2D eigenvalue weighted by Crippen LogP contribution is -2.29. The molecule has 0 heterocycles. The summed E-state index contributed by atoms with van der Waals surface area (Å²) in [4.78, 5) is 0. The van der Waals surface area contributed by atoms with Crippen LogP contribution in [0.4, 0.5) is 0 Å². The van der Waals surface area contributed by atoms with Crippen molar-refractivity contribution in [3.63, 3.8) is 0 Å². The fraction of sp³-hybridized carbons (Fsp3) is 1.00. The van der Waals surface area contributed by atoms with Crippen LogP contribution in [-0.4, -0.2) is 0 Å². The van der Waals surface area contributed by atoms with Crippen LogP contribution in [0.3, 0.4) is 0 Å². The molecule has 0 nitrogen and oxygen atoms in total. The van der Waals surface area contributed by atoms with Crippen molar-refractivity contribution < 1.29 is 0 Å². The van der Waals surface area contributed by atoms with Gasteiger partial charge in [0.15, 0.2) is 0 Å². The van der Waals surface area contributed by atoms with Gasteiger partial charge in [0.25, 0.3) is 0 Å². The van der Waals surface area contributed by atoms with Crippen LogP contribution in [0.5, 0.6) is 0 Å². The lowest BCUT2D eigenvalue weighted by Gasteiger charge is -2.38. The smallest absolute Gasteiger partial charge is 0.0355 e. The van der Waals surface area contributed by atoms with E-state index in [1.54, 1.807) is 77.0 Å². The average Bonchev–Trinajstić information content (AvgIpc) is 3.05. The number of hydrogen-bond donors (Lipinski definition) is 0. The van der Waals surface area contributed by atoms with Gasteiger partial charge in [0.1, 0.15) is 0 Å². The number of fused-ring (bicyclic) bond motifs is 2. The van der Waals surface area contributed by atoms with Gasteiger partial charge in [0, 0.05) is 0 Å². The molecule has 4 fully saturated rings. The molecule has 0 aromatic carbocycles. The molecule has 4 aliphatic rings. The van der Waals surface area contributed by atoms with Gasteiger partial charge in [0.2, 0.25) is 0 Å². The standard InChI is InChI=1S/C20H34/c1-14-9-12-20-16(6-4-8-18(14)20)13-17-11-10-15-5-2-3-7-19(15)17/h14-20H,2-13H2,1H3. The van der Waals surface area contributed by atoms with Crippen LogP contribution in [0.2, 0.25) is 0 Å². The second kappa shape index (κ2) is 5.65. The number of hydrogen-bond acceptors (Lipinski definition) is 0. The Bertz CT molecular complexity index is 333. The van der Waals surface area contributed by atoms with Crippen molar-refractivity contribution in [1.29, 1.82) is 0 Å². The monoisotopic (exact) mass is 274 g/mol. The maximum atomic E-state index is 2.54. The zero-order valence-electron chi connectivity index (χ0n) is 13.5. The Labute approximate surface area is 126 Å². The Morgan fingerprint density at radius 1 is 0.600 bits per heavy atom. The van der Waals surface area contributed by atoms with E-state index in [-0.39, 0.29) is 0 Å². The highest BCUT2D eigenvalue weighted by molar-refractivity contribution is 4.94. The molecule has 0 aliphatic heterocycles. The van der Waals surface area contributed by atoms with E-state index < -0.39 is 0 Å². The van der Waals surface area contributed by atoms with Crippen molar-refractivity contribution in [3.05, 3.63) is 0 Å². The van der Waals surface area contributed by atoms with Gasteiger partial charge in [-0.25, -0.2) is 0 Å². The molecule has 0 heteroatoms. The zero-order valence-corrected chi connectivity index (χ0v) is 13.5. The zero-order chi connectivity index (χ0) is 13.5. The molecule has 4 aliphatic carbocycles. The normalized spacial score (nSPS) is 51.8. The summed E-state index contributed by atoms with van der Waals surface area (Å²) in [7, 11) is 0. The highest BCUT2D eigenvalue weighted by atomic mass is 14.5.